The predicted molar refractivity (Wildman–Crippen MR) is 129 cm³/mol. The summed E-state index contributed by atoms with van der Waals surface area (Å²) in [5, 5.41) is 22.6. The first kappa shape index (κ1) is 28.2. The van der Waals surface area contributed by atoms with Crippen LogP contribution in [0.3, 0.4) is 0 Å². The SMILES string of the molecule is CC(=N[C@@H](CC(C)C)C(=O)O)[C@H]1O[C@@H](CNC(=O)[C@@H](N)CSSC(C)(C)C)CCC1O. The maximum absolute atomic E-state index is 12.3. The number of rotatable bonds is 11. The van der Waals surface area contributed by atoms with E-state index in [1.807, 2.05) is 13.8 Å². The third kappa shape index (κ3) is 11.1. The van der Waals surface area contributed by atoms with Crippen LogP contribution >= 0.6 is 21.6 Å². The van der Waals surface area contributed by atoms with Gasteiger partial charge in [0.25, 0.3) is 0 Å². The lowest BCUT2D eigenvalue weighted by molar-refractivity contribution is -0.139. The molecule has 0 aromatic heterocycles. The summed E-state index contributed by atoms with van der Waals surface area (Å²) >= 11 is 0. The average Bonchev–Trinajstić information content (AvgIpc) is 2.64. The van der Waals surface area contributed by atoms with Crippen molar-refractivity contribution in [3.63, 3.8) is 0 Å². The molecule has 1 saturated heterocycles. The predicted octanol–water partition coefficient (Wildman–Crippen LogP) is 2.48. The maximum Gasteiger partial charge on any atom is 0.328 e. The molecule has 31 heavy (non-hydrogen) atoms. The molecule has 5 atom stereocenters. The lowest BCUT2D eigenvalue weighted by atomic mass is 9.97. The van der Waals surface area contributed by atoms with Gasteiger partial charge in [0, 0.05) is 22.8 Å². The molecular formula is C21H39N3O5S2. The van der Waals surface area contributed by atoms with E-state index in [4.69, 9.17) is 10.5 Å². The highest BCUT2D eigenvalue weighted by molar-refractivity contribution is 8.77. The molecule has 1 fully saturated rings. The van der Waals surface area contributed by atoms with Gasteiger partial charge in [-0.2, -0.15) is 0 Å². The van der Waals surface area contributed by atoms with Crippen molar-refractivity contribution in [3.8, 4) is 0 Å². The third-order valence-corrected chi connectivity index (χ3v) is 8.00. The normalized spacial score (nSPS) is 24.7. The average molecular weight is 478 g/mol. The Balaban J connectivity index is 2.60. The molecule has 5 N–H and O–H groups in total. The van der Waals surface area contributed by atoms with Crippen LogP contribution in [0.2, 0.25) is 0 Å². The van der Waals surface area contributed by atoms with Gasteiger partial charge >= 0.3 is 5.97 Å². The summed E-state index contributed by atoms with van der Waals surface area (Å²) in [7, 11) is 3.27. The Bertz CT molecular complexity index is 625. The molecule has 0 bridgehead atoms. The first-order valence-electron chi connectivity index (χ1n) is 10.7. The molecule has 0 aliphatic carbocycles. The van der Waals surface area contributed by atoms with Crippen LogP contribution in [0, 0.1) is 5.92 Å². The summed E-state index contributed by atoms with van der Waals surface area (Å²) < 4.78 is 6.06. The number of nitrogens with one attached hydrogen (secondary N) is 1. The van der Waals surface area contributed by atoms with Crippen LogP contribution in [0.5, 0.6) is 0 Å². The molecule has 1 rings (SSSR count). The largest absolute Gasteiger partial charge is 0.480 e. The molecule has 1 heterocycles. The van der Waals surface area contributed by atoms with E-state index in [-0.39, 0.29) is 29.2 Å². The van der Waals surface area contributed by atoms with Crippen LogP contribution in [0.1, 0.15) is 60.8 Å². The van der Waals surface area contributed by atoms with Crippen molar-refractivity contribution in [2.24, 2.45) is 16.6 Å². The molecule has 1 aliphatic heterocycles. The number of amides is 1. The summed E-state index contributed by atoms with van der Waals surface area (Å²) in [6.07, 6.45) is -0.236. The number of aliphatic hydroxyl groups excluding tert-OH is 1. The Morgan fingerprint density at radius 1 is 1.29 bits per heavy atom. The Morgan fingerprint density at radius 3 is 2.48 bits per heavy atom. The van der Waals surface area contributed by atoms with E-state index in [0.29, 0.717) is 30.7 Å². The Morgan fingerprint density at radius 2 is 1.94 bits per heavy atom. The fraction of sp³-hybridized carbons (Fsp3) is 0.857. The molecular weight excluding hydrogens is 438 g/mol. The zero-order valence-electron chi connectivity index (χ0n) is 19.5. The Kier molecular flexibility index (Phi) is 11.9. The van der Waals surface area contributed by atoms with E-state index in [2.05, 4.69) is 31.1 Å². The Labute approximate surface area is 193 Å². The van der Waals surface area contributed by atoms with Crippen molar-refractivity contribution in [1.82, 2.24) is 5.32 Å². The quantitative estimate of drug-likeness (QED) is 0.263. The van der Waals surface area contributed by atoms with E-state index in [1.165, 1.54) is 0 Å². The van der Waals surface area contributed by atoms with Gasteiger partial charge < -0.3 is 26.0 Å². The Hall–Kier alpha value is -0.810. The van der Waals surface area contributed by atoms with Crippen LogP contribution < -0.4 is 11.1 Å². The highest BCUT2D eigenvalue weighted by Gasteiger charge is 2.33. The van der Waals surface area contributed by atoms with Gasteiger partial charge in [-0.25, -0.2) is 4.79 Å². The molecule has 0 spiro atoms. The second kappa shape index (κ2) is 13.0. The number of carbonyl (C=O) groups is 2. The number of aliphatic imine (C=N–C) groups is 1. The van der Waals surface area contributed by atoms with Crippen LogP contribution in [0.4, 0.5) is 0 Å². The van der Waals surface area contributed by atoms with Crippen LogP contribution in [-0.2, 0) is 14.3 Å². The molecule has 180 valence electrons. The summed E-state index contributed by atoms with van der Waals surface area (Å²) in [6.45, 7) is 12.2. The standard InChI is InChI=1S/C21H39N3O5S2/c1-12(2)9-16(20(27)28)24-13(3)18-17(25)8-7-14(29-18)10-23-19(26)15(22)11-30-31-21(4,5)6/h12,14-18,25H,7-11,22H2,1-6H3,(H,23,26)(H,27,28)/t14-,15+,16+,17?,18-/m1/s1. The second-order valence-corrected chi connectivity index (χ2v) is 12.6. The fourth-order valence-corrected chi connectivity index (χ4v) is 5.51. The highest BCUT2D eigenvalue weighted by Crippen LogP contribution is 2.35. The van der Waals surface area contributed by atoms with Crippen LogP contribution in [0.25, 0.3) is 0 Å². The minimum Gasteiger partial charge on any atom is -0.480 e. The molecule has 1 aliphatic rings. The summed E-state index contributed by atoms with van der Waals surface area (Å²) in [6, 6.07) is -1.47. The molecule has 1 amide bonds. The zero-order chi connectivity index (χ0) is 23.8. The number of carboxylic acids is 1. The number of hydrogen-bond acceptors (Lipinski definition) is 8. The summed E-state index contributed by atoms with van der Waals surface area (Å²) in [5.74, 6) is -0.527. The third-order valence-electron chi connectivity index (χ3n) is 4.62. The summed E-state index contributed by atoms with van der Waals surface area (Å²) in [4.78, 5) is 28.1. The van der Waals surface area contributed by atoms with E-state index in [0.717, 1.165) is 0 Å². The number of aliphatic carboxylic acids is 1. The van der Waals surface area contributed by atoms with Gasteiger partial charge in [0.1, 0.15) is 12.1 Å². The monoisotopic (exact) mass is 477 g/mol. The maximum atomic E-state index is 12.3. The van der Waals surface area contributed by atoms with Gasteiger partial charge in [0.05, 0.1) is 18.2 Å². The highest BCUT2D eigenvalue weighted by atomic mass is 33.1. The van der Waals surface area contributed by atoms with Crippen LogP contribution in [0.15, 0.2) is 4.99 Å². The van der Waals surface area contributed by atoms with Gasteiger partial charge in [0.15, 0.2) is 0 Å². The topological polar surface area (TPSA) is 134 Å². The van der Waals surface area contributed by atoms with Crippen molar-refractivity contribution < 1.29 is 24.5 Å². The molecule has 0 aromatic carbocycles. The van der Waals surface area contributed by atoms with Crippen molar-refractivity contribution in [3.05, 3.63) is 0 Å². The van der Waals surface area contributed by atoms with Gasteiger partial charge in [-0.15, -0.1) is 0 Å². The minimum atomic E-state index is -0.987. The van der Waals surface area contributed by atoms with Crippen molar-refractivity contribution >= 4 is 39.2 Å². The summed E-state index contributed by atoms with van der Waals surface area (Å²) in [5.41, 5.74) is 6.44. The van der Waals surface area contributed by atoms with Crippen LogP contribution in [-0.4, -0.2) is 75.2 Å². The van der Waals surface area contributed by atoms with E-state index >= 15 is 0 Å². The molecule has 0 aromatic rings. The number of nitrogens with zero attached hydrogens (tertiary/aromatic N) is 1. The molecule has 8 nitrogen and oxygen atoms in total. The molecule has 0 saturated carbocycles. The minimum absolute atomic E-state index is 0.0981. The number of nitrogens with two attached hydrogens (primary N) is 1. The number of aliphatic hydroxyl groups is 1. The number of carbonyl (C=O) groups excluding carboxylic acids is 1. The zero-order valence-corrected chi connectivity index (χ0v) is 21.1. The number of carboxylic acid groups (broad SMARTS) is 1. The first-order chi connectivity index (χ1) is 14.3. The van der Waals surface area contributed by atoms with Gasteiger partial charge in [-0.1, -0.05) is 56.2 Å². The second-order valence-electron chi connectivity index (χ2n) is 9.41. The molecule has 0 radical (unpaired) electrons. The molecule has 10 heteroatoms. The smallest absolute Gasteiger partial charge is 0.328 e. The van der Waals surface area contributed by atoms with Crippen molar-refractivity contribution in [2.45, 2.75) is 95.9 Å². The van der Waals surface area contributed by atoms with Gasteiger partial charge in [-0.05, 0) is 32.1 Å². The van der Waals surface area contributed by atoms with Gasteiger partial charge in [-0.3, -0.25) is 9.79 Å². The first-order valence-corrected chi connectivity index (χ1v) is 13.1. The molecule has 1 unspecified atom stereocenters. The van der Waals surface area contributed by atoms with Gasteiger partial charge in [0.2, 0.25) is 5.91 Å². The number of ether oxygens (including phenoxy) is 1. The van der Waals surface area contributed by atoms with E-state index in [1.54, 1.807) is 28.5 Å². The van der Waals surface area contributed by atoms with Crippen molar-refractivity contribution in [1.29, 1.82) is 0 Å². The van der Waals surface area contributed by atoms with Crippen molar-refractivity contribution in [2.75, 3.05) is 12.3 Å². The van der Waals surface area contributed by atoms with E-state index < -0.39 is 30.3 Å². The lowest BCUT2D eigenvalue weighted by Gasteiger charge is -2.34. The number of hydrogen-bond donors (Lipinski definition) is 4. The fourth-order valence-electron chi connectivity index (χ4n) is 3.08. The van der Waals surface area contributed by atoms with E-state index in [9.17, 15) is 19.8 Å². The lowest BCUT2D eigenvalue weighted by Crippen LogP contribution is -2.49.